The molecule has 1 saturated heterocycles. The largest absolute Gasteiger partial charge is 0.491 e. The maximum Gasteiger partial charge on any atom is 0.121 e. The van der Waals surface area contributed by atoms with Gasteiger partial charge in [-0.1, -0.05) is 6.07 Å². The molecule has 1 aliphatic rings. The number of pyridine rings is 1. The number of fused-ring (bicyclic) bond motifs is 1. The lowest BCUT2D eigenvalue weighted by Gasteiger charge is -2.32. The van der Waals surface area contributed by atoms with Crippen LogP contribution in [0.4, 0.5) is 0 Å². The summed E-state index contributed by atoms with van der Waals surface area (Å²) in [6.07, 6.45) is 3.24. The molecule has 4 heteroatoms. The van der Waals surface area contributed by atoms with E-state index < -0.39 is 5.60 Å². The normalized spacial score (nSPS) is 18.4. The average molecular weight is 258 g/mol. The molecule has 0 amide bonds. The van der Waals surface area contributed by atoms with Gasteiger partial charge in [-0.25, -0.2) is 0 Å². The minimum atomic E-state index is -0.704. The first-order chi connectivity index (χ1) is 9.25. The zero-order valence-electron chi connectivity index (χ0n) is 10.8. The molecule has 0 bridgehead atoms. The van der Waals surface area contributed by atoms with Crippen LogP contribution in [0.25, 0.3) is 10.9 Å². The molecule has 3 rings (SSSR count). The van der Waals surface area contributed by atoms with E-state index in [2.05, 4.69) is 10.3 Å². The number of hydrogen-bond donors (Lipinski definition) is 2. The van der Waals surface area contributed by atoms with Crippen LogP contribution < -0.4 is 10.1 Å². The SMILES string of the molecule is OC1(COc2ccc3cccnc3c2)CCNCC1. The number of benzene rings is 1. The van der Waals surface area contributed by atoms with Crippen LogP contribution in [0.5, 0.6) is 5.75 Å². The van der Waals surface area contributed by atoms with E-state index in [4.69, 9.17) is 4.74 Å². The van der Waals surface area contributed by atoms with Gasteiger partial charge in [0, 0.05) is 17.6 Å². The predicted octanol–water partition coefficient (Wildman–Crippen LogP) is 1.73. The molecule has 1 aromatic carbocycles. The third-order valence-corrected chi connectivity index (χ3v) is 3.62. The van der Waals surface area contributed by atoms with Crippen LogP contribution in [-0.2, 0) is 0 Å². The highest BCUT2D eigenvalue weighted by Crippen LogP contribution is 2.22. The summed E-state index contributed by atoms with van der Waals surface area (Å²) in [6.45, 7) is 2.03. The van der Waals surface area contributed by atoms with E-state index in [9.17, 15) is 5.11 Å². The summed E-state index contributed by atoms with van der Waals surface area (Å²) in [5.74, 6) is 0.762. The summed E-state index contributed by atoms with van der Waals surface area (Å²) >= 11 is 0. The van der Waals surface area contributed by atoms with Gasteiger partial charge in [-0.05, 0) is 44.1 Å². The fraction of sp³-hybridized carbons (Fsp3) is 0.400. The van der Waals surface area contributed by atoms with Gasteiger partial charge in [0.05, 0.1) is 5.52 Å². The quantitative estimate of drug-likeness (QED) is 0.880. The van der Waals surface area contributed by atoms with E-state index >= 15 is 0 Å². The summed E-state index contributed by atoms with van der Waals surface area (Å²) in [5.41, 5.74) is 0.210. The summed E-state index contributed by atoms with van der Waals surface area (Å²) in [6, 6.07) is 9.77. The van der Waals surface area contributed by atoms with Gasteiger partial charge in [-0.15, -0.1) is 0 Å². The molecule has 100 valence electrons. The second-order valence-electron chi connectivity index (χ2n) is 5.12. The molecule has 1 aliphatic heterocycles. The van der Waals surface area contributed by atoms with Crippen molar-refractivity contribution in [2.45, 2.75) is 18.4 Å². The molecule has 0 atom stereocenters. The highest BCUT2D eigenvalue weighted by Gasteiger charge is 2.29. The maximum atomic E-state index is 10.4. The van der Waals surface area contributed by atoms with Crippen LogP contribution in [0.2, 0.25) is 0 Å². The molecule has 2 aromatic rings. The standard InChI is InChI=1S/C15H18N2O2/c18-15(5-8-16-9-6-15)11-19-13-4-3-12-2-1-7-17-14(12)10-13/h1-4,7,10,16,18H,5-6,8-9,11H2. The van der Waals surface area contributed by atoms with Crippen LogP contribution in [0.3, 0.4) is 0 Å². The molecular weight excluding hydrogens is 240 g/mol. The number of nitrogens with zero attached hydrogens (tertiary/aromatic N) is 1. The van der Waals surface area contributed by atoms with Gasteiger partial charge in [0.15, 0.2) is 0 Å². The molecule has 0 unspecified atom stereocenters. The lowest BCUT2D eigenvalue weighted by atomic mass is 9.93. The number of hydrogen-bond acceptors (Lipinski definition) is 4. The van der Waals surface area contributed by atoms with E-state index in [1.807, 2.05) is 30.3 Å². The molecule has 0 radical (unpaired) electrons. The first kappa shape index (κ1) is 12.4. The fourth-order valence-electron chi connectivity index (χ4n) is 2.39. The topological polar surface area (TPSA) is 54.4 Å². The van der Waals surface area contributed by atoms with Crippen molar-refractivity contribution in [3.05, 3.63) is 36.5 Å². The van der Waals surface area contributed by atoms with Crippen LogP contribution in [-0.4, -0.2) is 35.4 Å². The van der Waals surface area contributed by atoms with E-state index in [0.717, 1.165) is 42.6 Å². The highest BCUT2D eigenvalue weighted by molar-refractivity contribution is 5.79. The first-order valence-electron chi connectivity index (χ1n) is 6.66. The zero-order chi connectivity index (χ0) is 13.1. The van der Waals surface area contributed by atoms with E-state index in [1.54, 1.807) is 6.20 Å². The fourth-order valence-corrected chi connectivity index (χ4v) is 2.39. The van der Waals surface area contributed by atoms with Gasteiger partial charge in [0.25, 0.3) is 0 Å². The maximum absolute atomic E-state index is 10.4. The van der Waals surface area contributed by atoms with Gasteiger partial charge in [-0.3, -0.25) is 4.98 Å². The molecule has 2 N–H and O–H groups in total. The second-order valence-corrected chi connectivity index (χ2v) is 5.12. The van der Waals surface area contributed by atoms with Crippen LogP contribution >= 0.6 is 0 Å². The van der Waals surface area contributed by atoms with Gasteiger partial charge in [-0.2, -0.15) is 0 Å². The lowest BCUT2D eigenvalue weighted by molar-refractivity contribution is -0.0285. The molecule has 1 fully saturated rings. The minimum absolute atomic E-state index is 0.340. The van der Waals surface area contributed by atoms with Crippen molar-refractivity contribution < 1.29 is 9.84 Å². The van der Waals surface area contributed by atoms with Crippen molar-refractivity contribution in [2.75, 3.05) is 19.7 Å². The lowest BCUT2D eigenvalue weighted by Crippen LogP contribution is -2.45. The molecule has 0 spiro atoms. The molecule has 0 saturated carbocycles. The summed E-state index contributed by atoms with van der Waals surface area (Å²) < 4.78 is 5.74. The van der Waals surface area contributed by atoms with Gasteiger partial charge in [0.1, 0.15) is 18.0 Å². The minimum Gasteiger partial charge on any atom is -0.491 e. The van der Waals surface area contributed by atoms with Crippen molar-refractivity contribution >= 4 is 10.9 Å². The first-order valence-corrected chi connectivity index (χ1v) is 6.66. The van der Waals surface area contributed by atoms with Crippen molar-refractivity contribution in [1.29, 1.82) is 0 Å². The molecule has 0 aliphatic carbocycles. The predicted molar refractivity (Wildman–Crippen MR) is 74.3 cm³/mol. The number of aromatic nitrogens is 1. The van der Waals surface area contributed by atoms with Crippen molar-refractivity contribution in [3.8, 4) is 5.75 Å². The summed E-state index contributed by atoms with van der Waals surface area (Å²) in [7, 11) is 0. The smallest absolute Gasteiger partial charge is 0.121 e. The average Bonchev–Trinajstić information content (AvgIpc) is 2.46. The number of rotatable bonds is 3. The Hall–Kier alpha value is -1.65. The second kappa shape index (κ2) is 5.15. The summed E-state index contributed by atoms with van der Waals surface area (Å²) in [5, 5.41) is 14.7. The highest BCUT2D eigenvalue weighted by atomic mass is 16.5. The van der Waals surface area contributed by atoms with Crippen LogP contribution in [0.1, 0.15) is 12.8 Å². The Morgan fingerprint density at radius 3 is 2.95 bits per heavy atom. The third-order valence-electron chi connectivity index (χ3n) is 3.62. The molecule has 1 aromatic heterocycles. The number of ether oxygens (including phenoxy) is 1. The van der Waals surface area contributed by atoms with E-state index in [0.29, 0.717) is 6.61 Å². The van der Waals surface area contributed by atoms with Crippen LogP contribution in [0.15, 0.2) is 36.5 Å². The Balaban J connectivity index is 1.71. The number of aliphatic hydroxyl groups is 1. The number of piperidine rings is 1. The van der Waals surface area contributed by atoms with Gasteiger partial charge >= 0.3 is 0 Å². The van der Waals surface area contributed by atoms with E-state index in [-0.39, 0.29) is 0 Å². The molecule has 4 nitrogen and oxygen atoms in total. The monoisotopic (exact) mass is 258 g/mol. The Labute approximate surface area is 112 Å². The van der Waals surface area contributed by atoms with Crippen molar-refractivity contribution in [2.24, 2.45) is 0 Å². The zero-order valence-corrected chi connectivity index (χ0v) is 10.8. The van der Waals surface area contributed by atoms with Crippen LogP contribution in [0, 0.1) is 0 Å². The molecule has 2 heterocycles. The third kappa shape index (κ3) is 2.85. The van der Waals surface area contributed by atoms with E-state index in [1.165, 1.54) is 0 Å². The summed E-state index contributed by atoms with van der Waals surface area (Å²) in [4.78, 5) is 4.30. The van der Waals surface area contributed by atoms with Gasteiger partial charge < -0.3 is 15.2 Å². The molecule has 19 heavy (non-hydrogen) atoms. The van der Waals surface area contributed by atoms with Gasteiger partial charge in [0.2, 0.25) is 0 Å². The van der Waals surface area contributed by atoms with Crippen molar-refractivity contribution in [3.63, 3.8) is 0 Å². The Morgan fingerprint density at radius 2 is 2.11 bits per heavy atom. The van der Waals surface area contributed by atoms with Crippen molar-refractivity contribution in [1.82, 2.24) is 10.3 Å². The number of nitrogens with one attached hydrogen (secondary N) is 1. The Bertz CT molecular complexity index is 565. The Morgan fingerprint density at radius 1 is 1.26 bits per heavy atom. The molecular formula is C15H18N2O2. The Kier molecular flexibility index (Phi) is 3.36.